The van der Waals surface area contributed by atoms with Crippen molar-refractivity contribution in [3.63, 3.8) is 0 Å². The van der Waals surface area contributed by atoms with Crippen molar-refractivity contribution in [2.75, 3.05) is 33.9 Å². The van der Waals surface area contributed by atoms with Crippen LogP contribution in [-0.4, -0.2) is 46.6 Å². The standard InChI is InChI=1S/C14H24N2O3S/c1-5-16(9-10-19-4)20(17,18)14-8-6-7-13(11-14)12(2)15-3/h6-8,11-12,15H,5,9-10H2,1-4H3. The number of rotatable bonds is 8. The molecule has 0 spiro atoms. The van der Waals surface area contributed by atoms with Gasteiger partial charge >= 0.3 is 0 Å². The Hall–Kier alpha value is -0.950. The van der Waals surface area contributed by atoms with Crippen molar-refractivity contribution < 1.29 is 13.2 Å². The average molecular weight is 300 g/mol. The second-order valence-electron chi connectivity index (χ2n) is 4.57. The highest BCUT2D eigenvalue weighted by Gasteiger charge is 2.23. The molecule has 5 nitrogen and oxygen atoms in total. The van der Waals surface area contributed by atoms with Crippen LogP contribution in [0, 0.1) is 0 Å². The van der Waals surface area contributed by atoms with Crippen molar-refractivity contribution in [1.29, 1.82) is 0 Å². The van der Waals surface area contributed by atoms with Gasteiger partial charge in [0.05, 0.1) is 11.5 Å². The molecular formula is C14H24N2O3S. The third-order valence-corrected chi connectivity index (χ3v) is 5.30. The van der Waals surface area contributed by atoms with E-state index in [4.69, 9.17) is 4.74 Å². The van der Waals surface area contributed by atoms with Crippen molar-refractivity contribution in [3.05, 3.63) is 29.8 Å². The first-order chi connectivity index (χ1) is 9.47. The van der Waals surface area contributed by atoms with Gasteiger partial charge in [-0.3, -0.25) is 0 Å². The maximum absolute atomic E-state index is 12.6. The third-order valence-electron chi connectivity index (χ3n) is 3.33. The molecule has 0 saturated heterocycles. The van der Waals surface area contributed by atoms with Gasteiger partial charge in [-0.15, -0.1) is 0 Å². The van der Waals surface area contributed by atoms with Crippen LogP contribution < -0.4 is 5.32 Å². The molecule has 0 fully saturated rings. The normalized spacial score (nSPS) is 13.7. The molecule has 20 heavy (non-hydrogen) atoms. The van der Waals surface area contributed by atoms with Gasteiger partial charge in [0.1, 0.15) is 0 Å². The van der Waals surface area contributed by atoms with Crippen molar-refractivity contribution in [3.8, 4) is 0 Å². The van der Waals surface area contributed by atoms with Gasteiger partial charge in [-0.05, 0) is 31.7 Å². The van der Waals surface area contributed by atoms with Gasteiger partial charge in [-0.25, -0.2) is 8.42 Å². The number of ether oxygens (including phenoxy) is 1. The Morgan fingerprint density at radius 2 is 2.10 bits per heavy atom. The lowest BCUT2D eigenvalue weighted by Gasteiger charge is -2.21. The Balaban J connectivity index is 3.07. The maximum atomic E-state index is 12.6. The fourth-order valence-electron chi connectivity index (χ4n) is 1.90. The lowest BCUT2D eigenvalue weighted by atomic mass is 10.1. The summed E-state index contributed by atoms with van der Waals surface area (Å²) < 4.78 is 31.6. The molecule has 0 aliphatic rings. The molecule has 0 aromatic heterocycles. The minimum Gasteiger partial charge on any atom is -0.383 e. The molecule has 1 atom stereocenters. The quantitative estimate of drug-likeness (QED) is 0.792. The molecule has 0 saturated carbocycles. The SMILES string of the molecule is CCN(CCOC)S(=O)(=O)c1cccc(C(C)NC)c1. The number of benzene rings is 1. The Morgan fingerprint density at radius 3 is 2.65 bits per heavy atom. The van der Waals surface area contributed by atoms with E-state index in [1.807, 2.05) is 27.0 Å². The Labute approximate surface area is 122 Å². The van der Waals surface area contributed by atoms with Gasteiger partial charge in [0.15, 0.2) is 0 Å². The summed E-state index contributed by atoms with van der Waals surface area (Å²) in [5.41, 5.74) is 0.955. The minimum atomic E-state index is -3.46. The molecule has 1 aromatic rings. The van der Waals surface area contributed by atoms with E-state index in [-0.39, 0.29) is 6.04 Å². The summed E-state index contributed by atoms with van der Waals surface area (Å²) >= 11 is 0. The predicted octanol–water partition coefficient (Wildman–Crippen LogP) is 1.62. The fraction of sp³-hybridized carbons (Fsp3) is 0.571. The van der Waals surface area contributed by atoms with Crippen LogP contribution >= 0.6 is 0 Å². The number of methoxy groups -OCH3 is 1. The molecule has 1 N–H and O–H groups in total. The molecule has 1 unspecified atom stereocenters. The molecule has 114 valence electrons. The van der Waals surface area contributed by atoms with E-state index in [1.165, 1.54) is 4.31 Å². The zero-order valence-electron chi connectivity index (χ0n) is 12.6. The second kappa shape index (κ2) is 7.73. The first kappa shape index (κ1) is 17.1. The van der Waals surface area contributed by atoms with E-state index in [0.29, 0.717) is 24.6 Å². The third kappa shape index (κ3) is 4.02. The highest BCUT2D eigenvalue weighted by molar-refractivity contribution is 7.89. The lowest BCUT2D eigenvalue weighted by Crippen LogP contribution is -2.33. The summed E-state index contributed by atoms with van der Waals surface area (Å²) in [5.74, 6) is 0. The van der Waals surface area contributed by atoms with E-state index in [0.717, 1.165) is 5.56 Å². The topological polar surface area (TPSA) is 58.6 Å². The van der Waals surface area contributed by atoms with Gasteiger partial charge in [-0.2, -0.15) is 4.31 Å². The smallest absolute Gasteiger partial charge is 0.243 e. The number of hydrogen-bond donors (Lipinski definition) is 1. The molecule has 0 aliphatic carbocycles. The van der Waals surface area contributed by atoms with Crippen LogP contribution in [-0.2, 0) is 14.8 Å². The zero-order chi connectivity index (χ0) is 15.2. The zero-order valence-corrected chi connectivity index (χ0v) is 13.4. The van der Waals surface area contributed by atoms with E-state index >= 15 is 0 Å². The summed E-state index contributed by atoms with van der Waals surface area (Å²) in [5, 5.41) is 3.11. The van der Waals surface area contributed by atoms with Gasteiger partial charge in [0.25, 0.3) is 0 Å². The van der Waals surface area contributed by atoms with Gasteiger partial charge < -0.3 is 10.1 Å². The van der Waals surface area contributed by atoms with Crippen LogP contribution in [0.4, 0.5) is 0 Å². The van der Waals surface area contributed by atoms with Crippen molar-refractivity contribution >= 4 is 10.0 Å². The van der Waals surface area contributed by atoms with Crippen LogP contribution in [0.5, 0.6) is 0 Å². The highest BCUT2D eigenvalue weighted by Crippen LogP contribution is 2.20. The highest BCUT2D eigenvalue weighted by atomic mass is 32.2. The monoisotopic (exact) mass is 300 g/mol. The second-order valence-corrected chi connectivity index (χ2v) is 6.51. The van der Waals surface area contributed by atoms with E-state index in [2.05, 4.69) is 5.32 Å². The number of nitrogens with zero attached hydrogens (tertiary/aromatic N) is 1. The Kier molecular flexibility index (Phi) is 6.61. The summed E-state index contributed by atoms with van der Waals surface area (Å²) in [7, 11) is -0.0469. The molecule has 6 heteroatoms. The summed E-state index contributed by atoms with van der Waals surface area (Å²) in [6, 6.07) is 7.17. The molecule has 0 radical (unpaired) electrons. The largest absolute Gasteiger partial charge is 0.383 e. The van der Waals surface area contributed by atoms with Crippen LogP contribution in [0.2, 0.25) is 0 Å². The Bertz CT molecular complexity index is 517. The minimum absolute atomic E-state index is 0.110. The first-order valence-electron chi connectivity index (χ1n) is 6.73. The van der Waals surface area contributed by atoms with Crippen LogP contribution in [0.15, 0.2) is 29.2 Å². The van der Waals surface area contributed by atoms with Gasteiger partial charge in [-0.1, -0.05) is 19.1 Å². The van der Waals surface area contributed by atoms with Crippen molar-refractivity contribution in [2.45, 2.75) is 24.8 Å². The maximum Gasteiger partial charge on any atom is 0.243 e. The predicted molar refractivity (Wildman–Crippen MR) is 80.2 cm³/mol. The fourth-order valence-corrected chi connectivity index (χ4v) is 3.39. The first-order valence-corrected chi connectivity index (χ1v) is 8.17. The average Bonchev–Trinajstić information content (AvgIpc) is 2.47. The summed E-state index contributed by atoms with van der Waals surface area (Å²) in [4.78, 5) is 0.329. The van der Waals surface area contributed by atoms with Crippen molar-refractivity contribution in [1.82, 2.24) is 9.62 Å². The molecule has 0 heterocycles. The van der Waals surface area contributed by atoms with Gasteiger partial charge in [0.2, 0.25) is 10.0 Å². The van der Waals surface area contributed by atoms with Crippen molar-refractivity contribution in [2.24, 2.45) is 0 Å². The van der Waals surface area contributed by atoms with Crippen LogP contribution in [0.3, 0.4) is 0 Å². The van der Waals surface area contributed by atoms with Crippen LogP contribution in [0.1, 0.15) is 25.5 Å². The summed E-state index contributed by atoms with van der Waals surface area (Å²) in [6.07, 6.45) is 0. The molecular weight excluding hydrogens is 276 g/mol. The number of likely N-dealkylation sites (N-methyl/N-ethyl adjacent to an activating group) is 1. The lowest BCUT2D eigenvalue weighted by molar-refractivity contribution is 0.180. The molecule has 1 aromatic carbocycles. The molecule has 0 bridgehead atoms. The van der Waals surface area contributed by atoms with E-state index in [1.54, 1.807) is 25.3 Å². The summed E-state index contributed by atoms with van der Waals surface area (Å²) in [6.45, 7) is 5.00. The van der Waals surface area contributed by atoms with Gasteiger partial charge in [0, 0.05) is 26.2 Å². The molecule has 0 aliphatic heterocycles. The van der Waals surface area contributed by atoms with E-state index < -0.39 is 10.0 Å². The molecule has 0 amide bonds. The number of hydrogen-bond acceptors (Lipinski definition) is 4. The number of nitrogens with one attached hydrogen (secondary N) is 1. The number of sulfonamides is 1. The van der Waals surface area contributed by atoms with Crippen LogP contribution in [0.25, 0.3) is 0 Å². The van der Waals surface area contributed by atoms with E-state index in [9.17, 15) is 8.42 Å². The Morgan fingerprint density at radius 1 is 1.40 bits per heavy atom. The molecule has 1 rings (SSSR count).